The monoisotopic (exact) mass is 244 g/mol. The minimum atomic E-state index is 0.199. The molecule has 0 saturated carbocycles. The van der Waals surface area contributed by atoms with Gasteiger partial charge in [-0.05, 0) is 23.1 Å². The zero-order chi connectivity index (χ0) is 13.2. The van der Waals surface area contributed by atoms with Crippen LogP contribution in [-0.4, -0.2) is 15.0 Å². The van der Waals surface area contributed by atoms with Gasteiger partial charge in [0.15, 0.2) is 0 Å². The number of aromatic nitrogens is 3. The van der Waals surface area contributed by atoms with E-state index in [1.165, 1.54) is 5.56 Å². The maximum Gasteiger partial charge on any atom is 0.0774 e. The number of rotatable bonds is 3. The van der Waals surface area contributed by atoms with Crippen LogP contribution in [0.2, 0.25) is 0 Å². The summed E-state index contributed by atoms with van der Waals surface area (Å²) in [4.78, 5) is 0. The molecule has 1 aromatic carbocycles. The highest BCUT2D eigenvalue weighted by Crippen LogP contribution is 2.23. The highest BCUT2D eigenvalue weighted by atomic mass is 15.4. The van der Waals surface area contributed by atoms with Gasteiger partial charge in [-0.2, -0.15) is 0 Å². The van der Waals surface area contributed by atoms with Crippen molar-refractivity contribution >= 4 is 5.69 Å². The van der Waals surface area contributed by atoms with E-state index in [2.05, 4.69) is 60.7 Å². The highest BCUT2D eigenvalue weighted by molar-refractivity contribution is 5.45. The zero-order valence-electron chi connectivity index (χ0n) is 11.4. The van der Waals surface area contributed by atoms with Crippen LogP contribution >= 0.6 is 0 Å². The summed E-state index contributed by atoms with van der Waals surface area (Å²) in [5.41, 5.74) is 3.72. The Bertz CT molecular complexity index is 505. The van der Waals surface area contributed by atoms with E-state index in [4.69, 9.17) is 0 Å². The molecule has 4 heteroatoms. The molecule has 1 aromatic heterocycles. The van der Waals surface area contributed by atoms with Crippen LogP contribution in [0.25, 0.3) is 0 Å². The number of anilines is 1. The number of benzene rings is 1. The summed E-state index contributed by atoms with van der Waals surface area (Å²) in [5.74, 6) is 0. The Hall–Kier alpha value is -1.84. The summed E-state index contributed by atoms with van der Waals surface area (Å²) in [7, 11) is 1.90. The fourth-order valence-electron chi connectivity index (χ4n) is 1.75. The van der Waals surface area contributed by atoms with Crippen molar-refractivity contribution in [1.82, 2.24) is 15.0 Å². The number of nitrogens with zero attached hydrogens (tertiary/aromatic N) is 3. The lowest BCUT2D eigenvalue weighted by Crippen LogP contribution is -2.11. The third-order valence-corrected chi connectivity index (χ3v) is 3.03. The molecule has 18 heavy (non-hydrogen) atoms. The second-order valence-corrected chi connectivity index (χ2v) is 5.53. The third-order valence-electron chi connectivity index (χ3n) is 3.03. The minimum Gasteiger partial charge on any atom is -0.379 e. The van der Waals surface area contributed by atoms with Gasteiger partial charge in [0, 0.05) is 12.7 Å². The molecule has 4 nitrogen and oxygen atoms in total. The number of hydrogen-bond acceptors (Lipinski definition) is 3. The van der Waals surface area contributed by atoms with E-state index in [1.807, 2.05) is 7.05 Å². The molecule has 2 rings (SSSR count). The number of aryl methyl sites for hydroxylation is 1. The Morgan fingerprint density at radius 2 is 1.83 bits per heavy atom. The predicted molar refractivity (Wildman–Crippen MR) is 73.5 cm³/mol. The quantitative estimate of drug-likeness (QED) is 0.902. The summed E-state index contributed by atoms with van der Waals surface area (Å²) >= 11 is 0. The molecule has 96 valence electrons. The smallest absolute Gasteiger partial charge is 0.0774 e. The standard InChI is InChI=1S/C14H20N4/c1-14(2,3)11-5-7-12(8-6-11)15-9-13-10-16-17-18(13)4/h5-8,10,15H,9H2,1-4H3. The van der Waals surface area contributed by atoms with Crippen LogP contribution in [0.5, 0.6) is 0 Å². The van der Waals surface area contributed by atoms with Gasteiger partial charge >= 0.3 is 0 Å². The lowest BCUT2D eigenvalue weighted by atomic mass is 9.87. The minimum absolute atomic E-state index is 0.199. The lowest BCUT2D eigenvalue weighted by molar-refractivity contribution is 0.590. The molecule has 0 aliphatic heterocycles. The molecule has 0 atom stereocenters. The first-order chi connectivity index (χ1) is 8.47. The van der Waals surface area contributed by atoms with Crippen LogP contribution in [0.1, 0.15) is 32.0 Å². The van der Waals surface area contributed by atoms with E-state index in [9.17, 15) is 0 Å². The van der Waals surface area contributed by atoms with E-state index in [0.29, 0.717) is 0 Å². The van der Waals surface area contributed by atoms with Gasteiger partial charge in [-0.1, -0.05) is 38.1 Å². The van der Waals surface area contributed by atoms with Crippen LogP contribution in [0, 0.1) is 0 Å². The first-order valence-electron chi connectivity index (χ1n) is 6.15. The van der Waals surface area contributed by atoms with Crippen LogP contribution < -0.4 is 5.32 Å². The van der Waals surface area contributed by atoms with E-state index in [0.717, 1.165) is 17.9 Å². The van der Waals surface area contributed by atoms with Crippen molar-refractivity contribution < 1.29 is 0 Å². The Labute approximate surface area is 108 Å². The number of hydrogen-bond donors (Lipinski definition) is 1. The fourth-order valence-corrected chi connectivity index (χ4v) is 1.75. The summed E-state index contributed by atoms with van der Waals surface area (Å²) in [6.07, 6.45) is 1.77. The Morgan fingerprint density at radius 1 is 1.17 bits per heavy atom. The first kappa shape index (κ1) is 12.6. The van der Waals surface area contributed by atoms with Crippen molar-refractivity contribution in [3.8, 4) is 0 Å². The molecular formula is C14H20N4. The van der Waals surface area contributed by atoms with E-state index < -0.39 is 0 Å². The molecule has 0 aliphatic carbocycles. The van der Waals surface area contributed by atoms with Gasteiger partial charge in [-0.3, -0.25) is 4.68 Å². The van der Waals surface area contributed by atoms with Gasteiger partial charge in [0.1, 0.15) is 0 Å². The summed E-state index contributed by atoms with van der Waals surface area (Å²) < 4.78 is 1.77. The van der Waals surface area contributed by atoms with E-state index in [-0.39, 0.29) is 5.41 Å². The molecule has 1 heterocycles. The maximum atomic E-state index is 3.90. The average Bonchev–Trinajstić information content (AvgIpc) is 2.72. The summed E-state index contributed by atoms with van der Waals surface area (Å²) in [5, 5.41) is 11.1. The third kappa shape index (κ3) is 2.88. The Morgan fingerprint density at radius 3 is 2.33 bits per heavy atom. The summed E-state index contributed by atoms with van der Waals surface area (Å²) in [6, 6.07) is 8.57. The average molecular weight is 244 g/mol. The Kier molecular flexibility index (Phi) is 3.36. The first-order valence-corrected chi connectivity index (χ1v) is 6.15. The highest BCUT2D eigenvalue weighted by Gasteiger charge is 2.12. The van der Waals surface area contributed by atoms with Crippen molar-refractivity contribution in [1.29, 1.82) is 0 Å². The van der Waals surface area contributed by atoms with Crippen LogP contribution in [0.4, 0.5) is 5.69 Å². The van der Waals surface area contributed by atoms with Crippen molar-refractivity contribution in [2.45, 2.75) is 32.7 Å². The molecule has 0 saturated heterocycles. The molecule has 1 N–H and O–H groups in total. The van der Waals surface area contributed by atoms with E-state index >= 15 is 0 Å². The van der Waals surface area contributed by atoms with Gasteiger partial charge in [0.2, 0.25) is 0 Å². The molecule has 0 bridgehead atoms. The van der Waals surface area contributed by atoms with Crippen molar-refractivity contribution in [3.63, 3.8) is 0 Å². The van der Waals surface area contributed by atoms with Gasteiger partial charge in [-0.15, -0.1) is 5.10 Å². The van der Waals surface area contributed by atoms with Crippen molar-refractivity contribution in [2.24, 2.45) is 7.05 Å². The van der Waals surface area contributed by atoms with Gasteiger partial charge in [-0.25, -0.2) is 0 Å². The molecule has 0 radical (unpaired) electrons. The largest absolute Gasteiger partial charge is 0.379 e. The van der Waals surface area contributed by atoms with Gasteiger partial charge in [0.05, 0.1) is 18.4 Å². The van der Waals surface area contributed by atoms with Crippen molar-refractivity contribution in [2.75, 3.05) is 5.32 Å². The SMILES string of the molecule is Cn1nncc1CNc1ccc(C(C)(C)C)cc1. The zero-order valence-corrected chi connectivity index (χ0v) is 11.4. The molecule has 0 amide bonds. The Balaban J connectivity index is 2.01. The lowest BCUT2D eigenvalue weighted by Gasteiger charge is -2.19. The van der Waals surface area contributed by atoms with Gasteiger partial charge < -0.3 is 5.32 Å². The maximum absolute atomic E-state index is 3.90. The van der Waals surface area contributed by atoms with Gasteiger partial charge in [0.25, 0.3) is 0 Å². The molecule has 0 unspecified atom stereocenters. The second-order valence-electron chi connectivity index (χ2n) is 5.53. The summed E-state index contributed by atoms with van der Waals surface area (Å²) in [6.45, 7) is 7.39. The molecule has 0 spiro atoms. The molecular weight excluding hydrogens is 224 g/mol. The normalized spacial score (nSPS) is 11.6. The van der Waals surface area contributed by atoms with Crippen LogP contribution in [0.3, 0.4) is 0 Å². The number of nitrogens with one attached hydrogen (secondary N) is 1. The van der Waals surface area contributed by atoms with E-state index in [1.54, 1.807) is 10.9 Å². The second kappa shape index (κ2) is 4.80. The molecule has 0 fully saturated rings. The van der Waals surface area contributed by atoms with Crippen LogP contribution in [0.15, 0.2) is 30.5 Å². The molecule has 2 aromatic rings. The van der Waals surface area contributed by atoms with Crippen molar-refractivity contribution in [3.05, 3.63) is 41.7 Å². The topological polar surface area (TPSA) is 42.7 Å². The fraction of sp³-hybridized carbons (Fsp3) is 0.429. The molecule has 0 aliphatic rings. The predicted octanol–water partition coefficient (Wildman–Crippen LogP) is 2.72. The van der Waals surface area contributed by atoms with Crippen LogP contribution in [-0.2, 0) is 19.0 Å².